The third-order valence-electron chi connectivity index (χ3n) is 4.48. The van der Waals surface area contributed by atoms with Crippen LogP contribution in [0.2, 0.25) is 0 Å². The summed E-state index contributed by atoms with van der Waals surface area (Å²) >= 11 is 0. The maximum absolute atomic E-state index is 6.40. The lowest BCUT2D eigenvalue weighted by Crippen LogP contribution is -2.55. The van der Waals surface area contributed by atoms with Crippen molar-refractivity contribution in [1.82, 2.24) is 9.80 Å². The van der Waals surface area contributed by atoms with E-state index in [0.717, 1.165) is 19.6 Å². The predicted octanol–water partition coefficient (Wildman–Crippen LogP) is 2.02. The van der Waals surface area contributed by atoms with Gasteiger partial charge in [-0.05, 0) is 38.9 Å². The fraction of sp³-hybridized carbons (Fsp3) is 0.625. The van der Waals surface area contributed by atoms with Gasteiger partial charge >= 0.3 is 0 Å². The van der Waals surface area contributed by atoms with Crippen LogP contribution >= 0.6 is 0 Å². The molecule has 0 aliphatic carbocycles. The molecule has 1 fully saturated rings. The third-order valence-corrected chi connectivity index (χ3v) is 4.48. The largest absolute Gasteiger partial charge is 0.323 e. The standard InChI is InChI=1S/C16H27N3/c1-12-7-5-6-8-15(12)16(17)11-19-9-13(2)18(4)14(3)10-19/h5-8,13-14,16H,9-11,17H2,1-4H3. The lowest BCUT2D eigenvalue weighted by molar-refractivity contribution is 0.0566. The molecule has 1 saturated heterocycles. The molecule has 0 saturated carbocycles. The van der Waals surface area contributed by atoms with Crippen LogP contribution in [0.1, 0.15) is 31.0 Å². The Labute approximate surface area is 117 Å². The summed E-state index contributed by atoms with van der Waals surface area (Å²) in [5.74, 6) is 0. The SMILES string of the molecule is Cc1ccccc1C(N)CN1CC(C)N(C)C(C)C1. The zero-order chi connectivity index (χ0) is 14.0. The van der Waals surface area contributed by atoms with Gasteiger partial charge in [0.05, 0.1) is 0 Å². The van der Waals surface area contributed by atoms with Gasteiger partial charge in [-0.3, -0.25) is 9.80 Å². The van der Waals surface area contributed by atoms with E-state index in [2.05, 4.69) is 61.9 Å². The molecule has 0 amide bonds. The summed E-state index contributed by atoms with van der Waals surface area (Å²) in [6, 6.07) is 9.78. The first-order valence-electron chi connectivity index (χ1n) is 7.24. The molecule has 0 aromatic heterocycles. The summed E-state index contributed by atoms with van der Waals surface area (Å²) in [6.07, 6.45) is 0. The van der Waals surface area contributed by atoms with Crippen LogP contribution in [0, 0.1) is 6.92 Å². The van der Waals surface area contributed by atoms with Crippen LogP contribution in [0.25, 0.3) is 0 Å². The molecule has 3 heteroatoms. The van der Waals surface area contributed by atoms with E-state index in [4.69, 9.17) is 5.73 Å². The minimum atomic E-state index is 0.115. The molecule has 106 valence electrons. The summed E-state index contributed by atoms with van der Waals surface area (Å²) in [5, 5.41) is 0. The number of benzene rings is 1. The number of nitrogens with two attached hydrogens (primary N) is 1. The van der Waals surface area contributed by atoms with Crippen LogP contribution in [-0.4, -0.2) is 48.6 Å². The molecule has 1 aromatic carbocycles. The third kappa shape index (κ3) is 3.35. The normalized spacial score (nSPS) is 27.4. The van der Waals surface area contributed by atoms with Crippen LogP contribution in [0.15, 0.2) is 24.3 Å². The number of hydrogen-bond donors (Lipinski definition) is 1. The van der Waals surface area contributed by atoms with Crippen molar-refractivity contribution in [2.75, 3.05) is 26.7 Å². The Kier molecular flexibility index (Phi) is 4.61. The molecule has 0 bridgehead atoms. The van der Waals surface area contributed by atoms with Crippen LogP contribution < -0.4 is 5.73 Å². The van der Waals surface area contributed by atoms with Gasteiger partial charge in [0.2, 0.25) is 0 Å². The zero-order valence-corrected chi connectivity index (χ0v) is 12.6. The van der Waals surface area contributed by atoms with Crippen molar-refractivity contribution in [2.24, 2.45) is 5.73 Å². The summed E-state index contributed by atoms with van der Waals surface area (Å²) in [5.41, 5.74) is 8.97. The highest BCUT2D eigenvalue weighted by Gasteiger charge is 2.27. The average Bonchev–Trinajstić information content (AvgIpc) is 2.36. The Hall–Kier alpha value is -0.900. The zero-order valence-electron chi connectivity index (χ0n) is 12.6. The predicted molar refractivity (Wildman–Crippen MR) is 81.2 cm³/mol. The van der Waals surface area contributed by atoms with Gasteiger partial charge in [0.1, 0.15) is 0 Å². The van der Waals surface area contributed by atoms with Crippen molar-refractivity contribution in [1.29, 1.82) is 0 Å². The second-order valence-corrected chi connectivity index (χ2v) is 6.05. The van der Waals surface area contributed by atoms with Crippen LogP contribution in [0.3, 0.4) is 0 Å². The Morgan fingerprint density at radius 3 is 2.37 bits per heavy atom. The molecule has 1 heterocycles. The molecule has 0 spiro atoms. The van der Waals surface area contributed by atoms with Crippen molar-refractivity contribution < 1.29 is 0 Å². The van der Waals surface area contributed by atoms with E-state index in [0.29, 0.717) is 12.1 Å². The molecular formula is C16H27N3. The minimum Gasteiger partial charge on any atom is -0.323 e. The van der Waals surface area contributed by atoms with Gasteiger partial charge in [-0.2, -0.15) is 0 Å². The summed E-state index contributed by atoms with van der Waals surface area (Å²) in [6.45, 7) is 9.91. The molecule has 3 atom stereocenters. The van der Waals surface area contributed by atoms with E-state index in [1.54, 1.807) is 0 Å². The van der Waals surface area contributed by atoms with E-state index in [9.17, 15) is 0 Å². The van der Waals surface area contributed by atoms with Gasteiger partial charge in [0.15, 0.2) is 0 Å². The molecule has 3 nitrogen and oxygen atoms in total. The van der Waals surface area contributed by atoms with Gasteiger partial charge in [0, 0.05) is 37.8 Å². The molecule has 19 heavy (non-hydrogen) atoms. The summed E-state index contributed by atoms with van der Waals surface area (Å²) in [4.78, 5) is 4.96. The van der Waals surface area contributed by atoms with Crippen molar-refractivity contribution in [3.05, 3.63) is 35.4 Å². The number of piperazine rings is 1. The van der Waals surface area contributed by atoms with Crippen molar-refractivity contribution in [2.45, 2.75) is 38.9 Å². The molecule has 0 radical (unpaired) electrons. The summed E-state index contributed by atoms with van der Waals surface area (Å²) < 4.78 is 0. The lowest BCUT2D eigenvalue weighted by atomic mass is 10.0. The van der Waals surface area contributed by atoms with Gasteiger partial charge in [-0.25, -0.2) is 0 Å². The van der Waals surface area contributed by atoms with Crippen LogP contribution in [0.4, 0.5) is 0 Å². The molecule has 2 rings (SSSR count). The highest BCUT2D eigenvalue weighted by molar-refractivity contribution is 5.28. The van der Waals surface area contributed by atoms with E-state index >= 15 is 0 Å². The maximum Gasteiger partial charge on any atom is 0.0426 e. The maximum atomic E-state index is 6.40. The van der Waals surface area contributed by atoms with Gasteiger partial charge in [-0.15, -0.1) is 0 Å². The van der Waals surface area contributed by atoms with Gasteiger partial charge < -0.3 is 5.73 Å². The summed E-state index contributed by atoms with van der Waals surface area (Å²) in [7, 11) is 2.22. The Bertz CT molecular complexity index is 406. The molecule has 2 N–H and O–H groups in total. The molecule has 1 aliphatic rings. The minimum absolute atomic E-state index is 0.115. The van der Waals surface area contributed by atoms with Gasteiger partial charge in [-0.1, -0.05) is 24.3 Å². The first-order valence-corrected chi connectivity index (χ1v) is 7.24. The topological polar surface area (TPSA) is 32.5 Å². The Balaban J connectivity index is 2.00. The quantitative estimate of drug-likeness (QED) is 0.903. The number of likely N-dealkylation sites (N-methyl/N-ethyl adjacent to an activating group) is 1. The number of nitrogens with zero attached hydrogens (tertiary/aromatic N) is 2. The molecular weight excluding hydrogens is 234 g/mol. The number of hydrogen-bond acceptors (Lipinski definition) is 3. The molecule has 3 unspecified atom stereocenters. The number of rotatable bonds is 3. The average molecular weight is 261 g/mol. The molecule has 1 aromatic rings. The first kappa shape index (κ1) is 14.5. The first-order chi connectivity index (χ1) is 8.99. The Morgan fingerprint density at radius 2 is 1.79 bits per heavy atom. The van der Waals surface area contributed by atoms with Crippen LogP contribution in [0.5, 0.6) is 0 Å². The lowest BCUT2D eigenvalue weighted by Gasteiger charge is -2.43. The second kappa shape index (κ2) is 6.04. The highest BCUT2D eigenvalue weighted by Crippen LogP contribution is 2.19. The van der Waals surface area contributed by atoms with E-state index in [1.807, 2.05) is 0 Å². The molecule has 1 aliphatic heterocycles. The van der Waals surface area contributed by atoms with Crippen molar-refractivity contribution in [3.63, 3.8) is 0 Å². The highest BCUT2D eigenvalue weighted by atomic mass is 15.3. The van der Waals surface area contributed by atoms with E-state index in [-0.39, 0.29) is 6.04 Å². The number of aryl methyl sites for hydroxylation is 1. The second-order valence-electron chi connectivity index (χ2n) is 6.05. The monoisotopic (exact) mass is 261 g/mol. The smallest absolute Gasteiger partial charge is 0.0426 e. The van der Waals surface area contributed by atoms with Crippen molar-refractivity contribution >= 4 is 0 Å². The van der Waals surface area contributed by atoms with E-state index in [1.165, 1.54) is 11.1 Å². The van der Waals surface area contributed by atoms with Crippen molar-refractivity contribution in [3.8, 4) is 0 Å². The fourth-order valence-corrected chi connectivity index (χ4v) is 3.04. The van der Waals surface area contributed by atoms with E-state index < -0.39 is 0 Å². The van der Waals surface area contributed by atoms with Crippen LogP contribution in [-0.2, 0) is 0 Å². The Morgan fingerprint density at radius 1 is 1.21 bits per heavy atom. The van der Waals surface area contributed by atoms with Gasteiger partial charge in [0.25, 0.3) is 0 Å². The fourth-order valence-electron chi connectivity index (χ4n) is 3.04.